The normalized spacial score (nSPS) is 11.2. The predicted octanol–water partition coefficient (Wildman–Crippen LogP) is 8.59. The fourth-order valence-corrected chi connectivity index (χ4v) is 4.38. The lowest BCUT2D eigenvalue weighted by atomic mass is 9.93. The first-order valence-electron chi connectivity index (χ1n) is 10.5. The Morgan fingerprint density at radius 1 is 0.387 bits per heavy atom. The Labute approximate surface area is 181 Å². The maximum atomic E-state index is 6.65. The molecule has 31 heavy (non-hydrogen) atoms. The van der Waals surface area contributed by atoms with Crippen molar-refractivity contribution in [2.45, 2.75) is 0 Å². The van der Waals surface area contributed by atoms with Gasteiger partial charge in [-0.3, -0.25) is 0 Å². The van der Waals surface area contributed by atoms with Gasteiger partial charge in [0.15, 0.2) is 0 Å². The van der Waals surface area contributed by atoms with E-state index < -0.39 is 0 Å². The Morgan fingerprint density at radius 3 is 1.52 bits per heavy atom. The highest BCUT2D eigenvalue weighted by atomic mass is 16.3. The van der Waals surface area contributed by atoms with E-state index in [1.807, 2.05) is 6.07 Å². The zero-order chi connectivity index (χ0) is 20.6. The monoisotopic (exact) mass is 396 g/mol. The molecule has 0 amide bonds. The molecule has 1 aromatic heterocycles. The summed E-state index contributed by atoms with van der Waals surface area (Å²) in [6.07, 6.45) is 0. The molecule has 0 spiro atoms. The molecule has 1 nitrogen and oxygen atoms in total. The molecule has 0 aliphatic rings. The minimum atomic E-state index is 0.915. The SMILES string of the molecule is c1ccc(-c2cc3ccccc3cc2-c2oc(-c3ccccc3)c3ccccc23)cc1. The van der Waals surface area contributed by atoms with Gasteiger partial charge in [0.05, 0.1) is 0 Å². The second-order valence-electron chi connectivity index (χ2n) is 7.78. The van der Waals surface area contributed by atoms with Gasteiger partial charge in [-0.05, 0) is 34.0 Å². The van der Waals surface area contributed by atoms with Crippen molar-refractivity contribution >= 4 is 21.5 Å². The Bertz CT molecular complexity index is 1510. The van der Waals surface area contributed by atoms with Crippen LogP contribution in [0.5, 0.6) is 0 Å². The molecule has 0 atom stereocenters. The summed E-state index contributed by atoms with van der Waals surface area (Å²) < 4.78 is 6.65. The molecule has 0 N–H and O–H groups in total. The second kappa shape index (κ2) is 7.30. The number of hydrogen-bond acceptors (Lipinski definition) is 1. The molecular formula is C30H20O. The first kappa shape index (κ1) is 17.7. The van der Waals surface area contributed by atoms with E-state index in [0.29, 0.717) is 0 Å². The molecule has 146 valence electrons. The molecule has 0 aliphatic carbocycles. The van der Waals surface area contributed by atoms with E-state index in [0.717, 1.165) is 33.4 Å². The van der Waals surface area contributed by atoms with E-state index in [4.69, 9.17) is 4.42 Å². The molecule has 0 bridgehead atoms. The van der Waals surface area contributed by atoms with Crippen molar-refractivity contribution in [3.8, 4) is 33.8 Å². The number of fused-ring (bicyclic) bond motifs is 2. The molecule has 5 aromatic carbocycles. The molecule has 1 heterocycles. The van der Waals surface area contributed by atoms with Crippen molar-refractivity contribution in [1.29, 1.82) is 0 Å². The highest BCUT2D eigenvalue weighted by molar-refractivity contribution is 6.06. The van der Waals surface area contributed by atoms with Gasteiger partial charge in [0.1, 0.15) is 11.5 Å². The highest BCUT2D eigenvalue weighted by Crippen LogP contribution is 2.43. The van der Waals surface area contributed by atoms with Gasteiger partial charge in [0.25, 0.3) is 0 Å². The average molecular weight is 396 g/mol. The fraction of sp³-hybridized carbons (Fsp3) is 0. The zero-order valence-corrected chi connectivity index (χ0v) is 17.0. The van der Waals surface area contributed by atoms with Crippen LogP contribution in [-0.2, 0) is 0 Å². The number of furan rings is 1. The molecule has 6 aromatic rings. The number of benzene rings is 5. The lowest BCUT2D eigenvalue weighted by Gasteiger charge is -2.11. The highest BCUT2D eigenvalue weighted by Gasteiger charge is 2.19. The van der Waals surface area contributed by atoms with E-state index in [1.54, 1.807) is 0 Å². The van der Waals surface area contributed by atoms with Gasteiger partial charge in [0, 0.05) is 21.9 Å². The van der Waals surface area contributed by atoms with Gasteiger partial charge in [0.2, 0.25) is 0 Å². The third kappa shape index (κ3) is 3.03. The van der Waals surface area contributed by atoms with Gasteiger partial charge in [-0.2, -0.15) is 0 Å². The van der Waals surface area contributed by atoms with Gasteiger partial charge in [-0.15, -0.1) is 0 Å². The molecule has 0 aliphatic heterocycles. The molecular weight excluding hydrogens is 376 g/mol. The molecule has 0 saturated carbocycles. The van der Waals surface area contributed by atoms with Crippen molar-refractivity contribution < 1.29 is 4.42 Å². The van der Waals surface area contributed by atoms with Crippen molar-refractivity contribution in [3.05, 3.63) is 121 Å². The molecule has 0 saturated heterocycles. The summed E-state index contributed by atoms with van der Waals surface area (Å²) in [5.74, 6) is 1.83. The Morgan fingerprint density at radius 2 is 0.871 bits per heavy atom. The third-order valence-electron chi connectivity index (χ3n) is 5.87. The summed E-state index contributed by atoms with van der Waals surface area (Å²) in [5, 5.41) is 4.70. The van der Waals surface area contributed by atoms with Gasteiger partial charge < -0.3 is 4.42 Å². The summed E-state index contributed by atoms with van der Waals surface area (Å²) in [5.41, 5.74) is 4.57. The topological polar surface area (TPSA) is 13.1 Å². The zero-order valence-electron chi connectivity index (χ0n) is 17.0. The molecule has 6 rings (SSSR count). The van der Waals surface area contributed by atoms with Gasteiger partial charge in [-0.1, -0.05) is 109 Å². The Kier molecular flexibility index (Phi) is 4.18. The van der Waals surface area contributed by atoms with Crippen LogP contribution in [0.1, 0.15) is 0 Å². The van der Waals surface area contributed by atoms with Crippen LogP contribution in [0.15, 0.2) is 126 Å². The minimum absolute atomic E-state index is 0.915. The van der Waals surface area contributed by atoms with E-state index in [1.165, 1.54) is 21.9 Å². The summed E-state index contributed by atoms with van der Waals surface area (Å²) in [7, 11) is 0. The predicted molar refractivity (Wildman–Crippen MR) is 130 cm³/mol. The van der Waals surface area contributed by atoms with Crippen LogP contribution >= 0.6 is 0 Å². The van der Waals surface area contributed by atoms with E-state index in [-0.39, 0.29) is 0 Å². The van der Waals surface area contributed by atoms with Crippen LogP contribution in [0.25, 0.3) is 55.3 Å². The maximum Gasteiger partial charge on any atom is 0.143 e. The first-order chi connectivity index (χ1) is 15.4. The van der Waals surface area contributed by atoms with Crippen LogP contribution in [0.3, 0.4) is 0 Å². The molecule has 0 fully saturated rings. The molecule has 0 unspecified atom stereocenters. The summed E-state index contributed by atoms with van der Waals surface area (Å²) >= 11 is 0. The summed E-state index contributed by atoms with van der Waals surface area (Å²) in [6.45, 7) is 0. The fourth-order valence-electron chi connectivity index (χ4n) is 4.38. The van der Waals surface area contributed by atoms with Crippen molar-refractivity contribution in [2.24, 2.45) is 0 Å². The second-order valence-corrected chi connectivity index (χ2v) is 7.78. The van der Waals surface area contributed by atoms with Crippen molar-refractivity contribution in [2.75, 3.05) is 0 Å². The number of rotatable bonds is 3. The van der Waals surface area contributed by atoms with Crippen molar-refractivity contribution in [3.63, 3.8) is 0 Å². The standard InChI is InChI=1S/C30H20O/c1-3-11-21(12-4-1)27-19-23-15-7-8-16-24(23)20-28(27)30-26-18-10-9-17-25(26)29(31-30)22-13-5-2-6-14-22/h1-20H. The lowest BCUT2D eigenvalue weighted by molar-refractivity contribution is 0.602. The maximum absolute atomic E-state index is 6.65. The summed E-state index contributed by atoms with van der Waals surface area (Å²) in [6, 6.07) is 42.4. The Balaban J connectivity index is 1.69. The molecule has 0 radical (unpaired) electrons. The first-order valence-corrected chi connectivity index (χ1v) is 10.5. The van der Waals surface area contributed by atoms with E-state index in [9.17, 15) is 0 Å². The largest absolute Gasteiger partial charge is 0.455 e. The lowest BCUT2D eigenvalue weighted by Crippen LogP contribution is -1.86. The van der Waals surface area contributed by atoms with Crippen LogP contribution in [0.4, 0.5) is 0 Å². The third-order valence-corrected chi connectivity index (χ3v) is 5.87. The summed E-state index contributed by atoms with van der Waals surface area (Å²) in [4.78, 5) is 0. The quantitative estimate of drug-likeness (QED) is 0.292. The van der Waals surface area contributed by atoms with Crippen LogP contribution in [-0.4, -0.2) is 0 Å². The van der Waals surface area contributed by atoms with Crippen LogP contribution in [0, 0.1) is 0 Å². The van der Waals surface area contributed by atoms with Crippen LogP contribution in [0.2, 0.25) is 0 Å². The van der Waals surface area contributed by atoms with Crippen LogP contribution < -0.4 is 0 Å². The van der Waals surface area contributed by atoms with Crippen molar-refractivity contribution in [1.82, 2.24) is 0 Å². The Hall–Kier alpha value is -4.10. The smallest absolute Gasteiger partial charge is 0.143 e. The van der Waals surface area contributed by atoms with E-state index in [2.05, 4.69) is 115 Å². The minimum Gasteiger partial charge on any atom is -0.455 e. The number of hydrogen-bond donors (Lipinski definition) is 0. The van der Waals surface area contributed by atoms with E-state index >= 15 is 0 Å². The van der Waals surface area contributed by atoms with Gasteiger partial charge in [-0.25, -0.2) is 0 Å². The van der Waals surface area contributed by atoms with Gasteiger partial charge >= 0.3 is 0 Å². The average Bonchev–Trinajstić information content (AvgIpc) is 3.24. The molecule has 1 heteroatoms.